The van der Waals surface area contributed by atoms with Gasteiger partial charge in [0.1, 0.15) is 25.4 Å². The predicted molar refractivity (Wildman–Crippen MR) is 54.3 cm³/mol. The normalized spacial score (nSPS) is 21.1. The van der Waals surface area contributed by atoms with E-state index in [1.54, 1.807) is 0 Å². The second-order valence-corrected chi connectivity index (χ2v) is 3.44. The van der Waals surface area contributed by atoms with Crippen LogP contribution in [-0.2, 0) is 19.1 Å². The van der Waals surface area contributed by atoms with Crippen LogP contribution in [0.15, 0.2) is 12.8 Å². The van der Waals surface area contributed by atoms with Crippen LogP contribution in [0.4, 0.5) is 0 Å². The minimum Gasteiger partial charge on any atom is -0.499 e. The smallest absolute Gasteiger partial charge is 0.328 e. The fraction of sp³-hybridized carbons (Fsp3) is 0.600. The Morgan fingerprint density at radius 3 is 3.00 bits per heavy atom. The lowest BCUT2D eigenvalue weighted by Gasteiger charge is -2.13. The number of amides is 1. The Morgan fingerprint density at radius 2 is 2.44 bits per heavy atom. The fourth-order valence-electron chi connectivity index (χ4n) is 1.30. The average molecular weight is 229 g/mol. The van der Waals surface area contributed by atoms with Gasteiger partial charge in [-0.3, -0.25) is 4.79 Å². The SMILES string of the molecule is C=COCC(O)COC(=O)C1CCC(=O)N1. The molecule has 0 bridgehead atoms. The molecule has 1 amide bonds. The van der Waals surface area contributed by atoms with Crippen LogP contribution in [0.25, 0.3) is 0 Å². The van der Waals surface area contributed by atoms with Crippen LogP contribution in [-0.4, -0.2) is 42.3 Å². The van der Waals surface area contributed by atoms with Crippen LogP contribution in [0.1, 0.15) is 12.8 Å². The van der Waals surface area contributed by atoms with Crippen molar-refractivity contribution in [2.24, 2.45) is 0 Å². The van der Waals surface area contributed by atoms with E-state index < -0.39 is 18.1 Å². The first-order valence-corrected chi connectivity index (χ1v) is 5.00. The number of ether oxygens (including phenoxy) is 2. The molecule has 2 unspecified atom stereocenters. The summed E-state index contributed by atoms with van der Waals surface area (Å²) in [6.45, 7) is 3.18. The van der Waals surface area contributed by atoms with Crippen LogP contribution in [0.2, 0.25) is 0 Å². The van der Waals surface area contributed by atoms with Crippen LogP contribution < -0.4 is 5.32 Å². The standard InChI is InChI=1S/C10H15NO5/c1-2-15-5-7(12)6-16-10(14)8-3-4-9(13)11-8/h2,7-8,12H,1,3-6H2,(H,11,13). The molecule has 1 fully saturated rings. The van der Waals surface area contributed by atoms with E-state index in [0.29, 0.717) is 12.8 Å². The molecule has 1 heterocycles. The minimum absolute atomic E-state index is 0.0216. The first-order chi connectivity index (χ1) is 7.63. The molecule has 0 aromatic heterocycles. The predicted octanol–water partition coefficient (Wildman–Crippen LogP) is -0.671. The molecule has 0 spiro atoms. The largest absolute Gasteiger partial charge is 0.499 e. The molecule has 0 aromatic rings. The van der Waals surface area contributed by atoms with Crippen LogP contribution in [0, 0.1) is 0 Å². The first-order valence-electron chi connectivity index (χ1n) is 5.00. The second kappa shape index (κ2) is 6.12. The quantitative estimate of drug-likeness (QED) is 0.466. The van der Waals surface area contributed by atoms with E-state index in [0.717, 1.165) is 0 Å². The Balaban J connectivity index is 2.19. The minimum atomic E-state index is -0.890. The lowest BCUT2D eigenvalue weighted by Crippen LogP contribution is -2.36. The summed E-state index contributed by atoms with van der Waals surface area (Å²) in [5.74, 6) is -0.680. The van der Waals surface area contributed by atoms with Crippen LogP contribution in [0.5, 0.6) is 0 Å². The molecule has 1 rings (SSSR count). The maximum Gasteiger partial charge on any atom is 0.328 e. The lowest BCUT2D eigenvalue weighted by molar-refractivity contribution is -0.150. The number of esters is 1. The molecule has 0 radical (unpaired) electrons. The molecular formula is C10H15NO5. The van der Waals surface area contributed by atoms with Gasteiger partial charge in [-0.25, -0.2) is 4.79 Å². The maximum atomic E-state index is 11.4. The van der Waals surface area contributed by atoms with E-state index in [4.69, 9.17) is 9.47 Å². The highest BCUT2D eigenvalue weighted by Gasteiger charge is 2.28. The van der Waals surface area contributed by atoms with Crippen molar-refractivity contribution in [1.29, 1.82) is 0 Å². The number of carbonyl (C=O) groups excluding carboxylic acids is 2. The Labute approximate surface area is 93.2 Å². The van der Waals surface area contributed by atoms with Gasteiger partial charge in [0.15, 0.2) is 0 Å². The summed E-state index contributed by atoms with van der Waals surface area (Å²) in [7, 11) is 0. The van der Waals surface area contributed by atoms with E-state index in [9.17, 15) is 14.7 Å². The van der Waals surface area contributed by atoms with Gasteiger partial charge in [0.2, 0.25) is 5.91 Å². The highest BCUT2D eigenvalue weighted by molar-refractivity contribution is 5.88. The van der Waals surface area contributed by atoms with Gasteiger partial charge in [0.05, 0.1) is 6.26 Å². The van der Waals surface area contributed by atoms with Gasteiger partial charge in [-0.2, -0.15) is 0 Å². The summed E-state index contributed by atoms with van der Waals surface area (Å²) in [6.07, 6.45) is 1.08. The maximum absolute atomic E-state index is 11.4. The van der Waals surface area contributed by atoms with Gasteiger partial charge in [0, 0.05) is 6.42 Å². The van der Waals surface area contributed by atoms with Crippen molar-refractivity contribution in [1.82, 2.24) is 5.32 Å². The van der Waals surface area contributed by atoms with E-state index >= 15 is 0 Å². The number of carbonyl (C=O) groups is 2. The molecule has 1 aliphatic heterocycles. The summed E-state index contributed by atoms with van der Waals surface area (Å²) in [5.41, 5.74) is 0. The van der Waals surface area contributed by atoms with Crippen molar-refractivity contribution in [3.05, 3.63) is 12.8 Å². The third kappa shape index (κ3) is 3.90. The van der Waals surface area contributed by atoms with E-state index in [1.165, 1.54) is 6.26 Å². The summed E-state index contributed by atoms with van der Waals surface area (Å²) in [4.78, 5) is 22.2. The van der Waals surface area contributed by atoms with Crippen molar-refractivity contribution < 1.29 is 24.2 Å². The first kappa shape index (κ1) is 12.5. The van der Waals surface area contributed by atoms with Gasteiger partial charge in [0.25, 0.3) is 0 Å². The van der Waals surface area contributed by atoms with E-state index in [2.05, 4.69) is 11.9 Å². The Hall–Kier alpha value is -1.56. The third-order valence-corrected chi connectivity index (χ3v) is 2.10. The molecule has 16 heavy (non-hydrogen) atoms. The second-order valence-electron chi connectivity index (χ2n) is 3.44. The molecule has 2 N–H and O–H groups in total. The monoisotopic (exact) mass is 229 g/mol. The van der Waals surface area contributed by atoms with Gasteiger partial charge < -0.3 is 19.9 Å². The molecule has 6 heteroatoms. The van der Waals surface area contributed by atoms with Crippen molar-refractivity contribution in [2.45, 2.75) is 25.0 Å². The van der Waals surface area contributed by atoms with Gasteiger partial charge in [-0.15, -0.1) is 0 Å². The Kier molecular flexibility index (Phi) is 4.78. The Bertz CT molecular complexity index is 278. The number of aliphatic hydroxyl groups excluding tert-OH is 1. The number of aliphatic hydroxyl groups is 1. The molecule has 0 saturated carbocycles. The summed E-state index contributed by atoms with van der Waals surface area (Å²) < 4.78 is 9.54. The molecule has 90 valence electrons. The fourth-order valence-corrected chi connectivity index (χ4v) is 1.30. The molecule has 1 saturated heterocycles. The van der Waals surface area contributed by atoms with Crippen molar-refractivity contribution in [3.63, 3.8) is 0 Å². The average Bonchev–Trinajstić information content (AvgIpc) is 2.69. The van der Waals surface area contributed by atoms with Gasteiger partial charge in [-0.05, 0) is 6.42 Å². The van der Waals surface area contributed by atoms with E-state index in [-0.39, 0.29) is 19.1 Å². The van der Waals surface area contributed by atoms with Crippen LogP contribution in [0.3, 0.4) is 0 Å². The Morgan fingerprint density at radius 1 is 1.69 bits per heavy atom. The molecule has 2 atom stereocenters. The number of hydrogen-bond acceptors (Lipinski definition) is 5. The highest BCUT2D eigenvalue weighted by Crippen LogP contribution is 2.08. The molecular weight excluding hydrogens is 214 g/mol. The third-order valence-electron chi connectivity index (χ3n) is 2.10. The van der Waals surface area contributed by atoms with Gasteiger partial charge >= 0.3 is 5.97 Å². The summed E-state index contributed by atoms with van der Waals surface area (Å²) in [5, 5.41) is 11.8. The van der Waals surface area contributed by atoms with Crippen LogP contribution >= 0.6 is 0 Å². The van der Waals surface area contributed by atoms with Crippen molar-refractivity contribution in [3.8, 4) is 0 Å². The van der Waals surface area contributed by atoms with Gasteiger partial charge in [-0.1, -0.05) is 6.58 Å². The van der Waals surface area contributed by atoms with Crippen molar-refractivity contribution in [2.75, 3.05) is 13.2 Å². The zero-order valence-corrected chi connectivity index (χ0v) is 8.85. The summed E-state index contributed by atoms with van der Waals surface area (Å²) in [6, 6.07) is -0.583. The molecule has 0 aliphatic carbocycles. The number of rotatable bonds is 6. The highest BCUT2D eigenvalue weighted by atomic mass is 16.5. The lowest BCUT2D eigenvalue weighted by atomic mass is 10.2. The van der Waals surface area contributed by atoms with Crippen molar-refractivity contribution >= 4 is 11.9 Å². The molecule has 1 aliphatic rings. The number of hydrogen-bond donors (Lipinski definition) is 2. The molecule has 0 aromatic carbocycles. The number of nitrogens with one attached hydrogen (secondary N) is 1. The zero-order chi connectivity index (χ0) is 12.0. The topological polar surface area (TPSA) is 84.9 Å². The molecule has 6 nitrogen and oxygen atoms in total. The zero-order valence-electron chi connectivity index (χ0n) is 8.85. The van der Waals surface area contributed by atoms with E-state index in [1.807, 2.05) is 0 Å². The summed E-state index contributed by atoms with van der Waals surface area (Å²) >= 11 is 0.